The molecule has 0 amide bonds. The van der Waals surface area contributed by atoms with Gasteiger partial charge >= 0.3 is 0 Å². The van der Waals surface area contributed by atoms with E-state index in [0.29, 0.717) is 5.75 Å². The molecule has 4 heteroatoms. The molecule has 1 N–H and O–H groups in total. The second-order valence-electron chi connectivity index (χ2n) is 3.07. The van der Waals surface area contributed by atoms with E-state index in [-0.39, 0.29) is 0 Å². The lowest BCUT2D eigenvalue weighted by atomic mass is 9.90. The van der Waals surface area contributed by atoms with Crippen LogP contribution in [0.15, 0.2) is 4.47 Å². The third kappa shape index (κ3) is 1.55. The minimum atomic E-state index is 0.300. The van der Waals surface area contributed by atoms with Gasteiger partial charge in [0.2, 0.25) is 0 Å². The summed E-state index contributed by atoms with van der Waals surface area (Å²) in [6.07, 6.45) is 0. The van der Waals surface area contributed by atoms with E-state index in [1.54, 1.807) is 7.11 Å². The average Bonchev–Trinajstić information content (AvgIpc) is 2.13. The van der Waals surface area contributed by atoms with Crippen molar-refractivity contribution in [1.29, 1.82) is 0 Å². The first-order chi connectivity index (χ1) is 6.00. The van der Waals surface area contributed by atoms with Crippen LogP contribution >= 0.6 is 15.9 Å². The first-order valence-corrected chi connectivity index (χ1v) is 4.82. The van der Waals surface area contributed by atoms with Gasteiger partial charge in [-0.25, -0.2) is 0 Å². The van der Waals surface area contributed by atoms with Crippen molar-refractivity contribution < 1.29 is 9.84 Å². The molecular formula is C9H12BBrO2. The molecule has 0 unspecified atom stereocenters. The fourth-order valence-electron chi connectivity index (χ4n) is 1.46. The summed E-state index contributed by atoms with van der Waals surface area (Å²) in [5.41, 5.74) is 2.67. The minimum Gasteiger partial charge on any atom is -0.508 e. The third-order valence-electron chi connectivity index (χ3n) is 2.25. The molecule has 0 aliphatic rings. The maximum atomic E-state index is 9.71. The molecule has 1 aromatic carbocycles. The molecule has 0 aliphatic heterocycles. The molecule has 1 aromatic rings. The zero-order valence-electron chi connectivity index (χ0n) is 8.23. The normalized spacial score (nSPS) is 10.2. The van der Waals surface area contributed by atoms with Crippen molar-refractivity contribution in [3.8, 4) is 11.5 Å². The number of benzene rings is 1. The predicted octanol–water partition coefficient (Wildman–Crippen LogP) is 1.04. The van der Waals surface area contributed by atoms with Crippen LogP contribution in [0, 0.1) is 13.8 Å². The second-order valence-corrected chi connectivity index (χ2v) is 3.86. The molecule has 0 bridgehead atoms. The molecule has 0 saturated carbocycles. The molecule has 13 heavy (non-hydrogen) atoms. The molecule has 0 atom stereocenters. The fourth-order valence-corrected chi connectivity index (χ4v) is 1.83. The van der Waals surface area contributed by atoms with E-state index in [1.165, 1.54) is 0 Å². The Balaban J connectivity index is 3.56. The summed E-state index contributed by atoms with van der Waals surface area (Å²) in [5.74, 6) is 1.05. The Morgan fingerprint density at radius 3 is 2.31 bits per heavy atom. The molecule has 0 spiro atoms. The summed E-state index contributed by atoms with van der Waals surface area (Å²) in [5, 5.41) is 9.71. The Labute approximate surface area is 87.5 Å². The van der Waals surface area contributed by atoms with Crippen molar-refractivity contribution in [2.24, 2.45) is 0 Å². The van der Waals surface area contributed by atoms with Crippen molar-refractivity contribution in [3.05, 3.63) is 15.6 Å². The number of hydrogen-bond donors (Lipinski definition) is 1. The lowest BCUT2D eigenvalue weighted by molar-refractivity contribution is 0.400. The number of rotatable bonds is 1. The molecule has 0 aliphatic carbocycles. The van der Waals surface area contributed by atoms with E-state index in [9.17, 15) is 5.11 Å². The highest BCUT2D eigenvalue weighted by atomic mass is 79.9. The van der Waals surface area contributed by atoms with Crippen LogP contribution in [0.3, 0.4) is 0 Å². The Hall–Kier alpha value is -0.635. The van der Waals surface area contributed by atoms with Gasteiger partial charge in [-0.2, -0.15) is 0 Å². The number of methoxy groups -OCH3 is 1. The van der Waals surface area contributed by atoms with Gasteiger partial charge in [0.15, 0.2) is 0 Å². The van der Waals surface area contributed by atoms with Crippen LogP contribution in [-0.2, 0) is 0 Å². The highest BCUT2D eigenvalue weighted by Crippen LogP contribution is 2.33. The van der Waals surface area contributed by atoms with E-state index >= 15 is 0 Å². The van der Waals surface area contributed by atoms with E-state index in [4.69, 9.17) is 4.74 Å². The lowest BCUT2D eigenvalue weighted by Crippen LogP contribution is -2.10. The highest BCUT2D eigenvalue weighted by Gasteiger charge is 2.14. The zero-order chi connectivity index (χ0) is 10.2. The van der Waals surface area contributed by atoms with Crippen molar-refractivity contribution in [1.82, 2.24) is 0 Å². The summed E-state index contributed by atoms with van der Waals surface area (Å²) < 4.78 is 6.11. The van der Waals surface area contributed by atoms with Crippen molar-refractivity contribution in [2.75, 3.05) is 7.11 Å². The van der Waals surface area contributed by atoms with Crippen molar-refractivity contribution >= 4 is 29.2 Å². The molecule has 0 heterocycles. The Morgan fingerprint density at radius 2 is 1.85 bits per heavy atom. The van der Waals surface area contributed by atoms with Gasteiger partial charge in [-0.3, -0.25) is 0 Å². The predicted molar refractivity (Wildman–Crippen MR) is 60.0 cm³/mol. The first kappa shape index (κ1) is 10.4. The van der Waals surface area contributed by atoms with Gasteiger partial charge in [0.1, 0.15) is 19.3 Å². The van der Waals surface area contributed by atoms with Crippen LogP contribution in [0.4, 0.5) is 0 Å². The van der Waals surface area contributed by atoms with Crippen LogP contribution in [0.5, 0.6) is 11.5 Å². The molecule has 2 nitrogen and oxygen atoms in total. The number of ether oxygens (including phenoxy) is 1. The maximum Gasteiger partial charge on any atom is 0.145 e. The monoisotopic (exact) mass is 242 g/mol. The van der Waals surface area contributed by atoms with Crippen LogP contribution in [-0.4, -0.2) is 20.1 Å². The van der Waals surface area contributed by atoms with E-state index in [2.05, 4.69) is 15.9 Å². The molecule has 1 rings (SSSR count). The van der Waals surface area contributed by atoms with Gasteiger partial charge in [-0.05, 0) is 19.3 Å². The third-order valence-corrected chi connectivity index (χ3v) is 3.44. The van der Waals surface area contributed by atoms with Crippen molar-refractivity contribution in [3.63, 3.8) is 0 Å². The molecule has 0 fully saturated rings. The number of hydrogen-bond acceptors (Lipinski definition) is 2. The standard InChI is InChI=1S/C9H12BBrO2/c1-4-7(11)6(10)8(12)5(2)9(4)13-3/h12H,10H2,1-3H3. The van der Waals surface area contributed by atoms with Crippen LogP contribution in [0.1, 0.15) is 11.1 Å². The largest absolute Gasteiger partial charge is 0.508 e. The van der Waals surface area contributed by atoms with Gasteiger partial charge in [-0.15, -0.1) is 0 Å². The summed E-state index contributed by atoms with van der Waals surface area (Å²) in [6.45, 7) is 3.81. The van der Waals surface area contributed by atoms with Gasteiger partial charge in [0, 0.05) is 15.6 Å². The number of phenols is 1. The fraction of sp³-hybridized carbons (Fsp3) is 0.333. The van der Waals surface area contributed by atoms with Crippen LogP contribution < -0.4 is 10.2 Å². The summed E-state index contributed by atoms with van der Waals surface area (Å²) >= 11 is 3.42. The lowest BCUT2D eigenvalue weighted by Gasteiger charge is -2.14. The topological polar surface area (TPSA) is 29.5 Å². The zero-order valence-corrected chi connectivity index (χ0v) is 9.82. The van der Waals surface area contributed by atoms with Crippen molar-refractivity contribution in [2.45, 2.75) is 13.8 Å². The smallest absolute Gasteiger partial charge is 0.145 e. The summed E-state index contributed by atoms with van der Waals surface area (Å²) in [6, 6.07) is 0. The molecule has 70 valence electrons. The van der Waals surface area contributed by atoms with Gasteiger partial charge in [0.25, 0.3) is 0 Å². The van der Waals surface area contributed by atoms with Crippen LogP contribution in [0.25, 0.3) is 0 Å². The maximum absolute atomic E-state index is 9.71. The van der Waals surface area contributed by atoms with Crippen LogP contribution in [0.2, 0.25) is 0 Å². The Kier molecular flexibility index (Phi) is 2.91. The van der Waals surface area contributed by atoms with Gasteiger partial charge in [-0.1, -0.05) is 15.9 Å². The first-order valence-electron chi connectivity index (χ1n) is 4.02. The van der Waals surface area contributed by atoms with E-state index in [1.807, 2.05) is 21.7 Å². The van der Waals surface area contributed by atoms with E-state index < -0.39 is 0 Å². The molecule has 0 saturated heterocycles. The number of aromatic hydroxyl groups is 1. The Morgan fingerprint density at radius 1 is 1.31 bits per heavy atom. The van der Waals surface area contributed by atoms with Gasteiger partial charge in [0.05, 0.1) is 7.11 Å². The number of halogens is 1. The average molecular weight is 243 g/mol. The molecular weight excluding hydrogens is 231 g/mol. The van der Waals surface area contributed by atoms with Gasteiger partial charge < -0.3 is 9.84 Å². The quantitative estimate of drug-likeness (QED) is 0.746. The minimum absolute atomic E-state index is 0.300. The number of phenolic OH excluding ortho intramolecular Hbond substituents is 1. The SMILES string of the molecule is Bc1c(O)c(C)c(OC)c(C)c1Br. The molecule has 0 radical (unpaired) electrons. The Bertz CT molecular complexity index is 321. The highest BCUT2D eigenvalue weighted by molar-refractivity contribution is 9.10. The molecule has 0 aromatic heterocycles. The van der Waals surface area contributed by atoms with E-state index in [0.717, 1.165) is 26.8 Å². The summed E-state index contributed by atoms with van der Waals surface area (Å²) in [7, 11) is 3.48. The second kappa shape index (κ2) is 3.62. The summed E-state index contributed by atoms with van der Waals surface area (Å²) in [4.78, 5) is 0.